The van der Waals surface area contributed by atoms with Crippen molar-refractivity contribution in [3.05, 3.63) is 65.1 Å². The summed E-state index contributed by atoms with van der Waals surface area (Å²) in [6, 6.07) is 10.3. The van der Waals surface area contributed by atoms with Gasteiger partial charge in [0.25, 0.3) is 0 Å². The fourth-order valence-electron chi connectivity index (χ4n) is 2.01. The molecule has 0 N–H and O–H groups in total. The largest absolute Gasteiger partial charge is 0.438 e. The van der Waals surface area contributed by atoms with E-state index in [-0.39, 0.29) is 17.5 Å². The van der Waals surface area contributed by atoms with Gasteiger partial charge in [-0.2, -0.15) is 0 Å². The van der Waals surface area contributed by atoms with E-state index in [1.807, 2.05) is 0 Å². The second-order valence-electron chi connectivity index (χ2n) is 5.20. The highest BCUT2D eigenvalue weighted by atomic mass is 35.5. The van der Waals surface area contributed by atoms with Crippen LogP contribution in [0.2, 0.25) is 5.02 Å². The first-order valence-corrected chi connectivity index (χ1v) is 7.48. The smallest absolute Gasteiger partial charge is 0.365 e. The molecule has 122 valence electrons. The molecule has 2 aromatic rings. The van der Waals surface area contributed by atoms with Crippen LogP contribution in [-0.2, 0) is 9.53 Å². The molecule has 0 saturated carbocycles. The lowest BCUT2D eigenvalue weighted by atomic mass is 10.2. The maximum Gasteiger partial charge on any atom is 0.365 e. The van der Waals surface area contributed by atoms with Gasteiger partial charge in [-0.05, 0) is 36.4 Å². The maximum absolute atomic E-state index is 11.9. The predicted octanol–water partition coefficient (Wildman–Crippen LogP) is 3.23. The Morgan fingerprint density at radius 1 is 1.21 bits per heavy atom. The summed E-state index contributed by atoms with van der Waals surface area (Å²) >= 11 is 5.87. The highest BCUT2D eigenvalue weighted by molar-refractivity contribution is 6.30. The minimum absolute atomic E-state index is 0.158. The van der Waals surface area contributed by atoms with Gasteiger partial charge < -0.3 is 14.4 Å². The van der Waals surface area contributed by atoms with Gasteiger partial charge in [0.1, 0.15) is 5.75 Å². The van der Waals surface area contributed by atoms with E-state index in [2.05, 4.69) is 9.98 Å². The molecule has 0 saturated heterocycles. The first-order valence-electron chi connectivity index (χ1n) is 7.11. The molecule has 24 heavy (non-hydrogen) atoms. The quantitative estimate of drug-likeness (QED) is 0.630. The van der Waals surface area contributed by atoms with Gasteiger partial charge in [0.2, 0.25) is 11.8 Å². The lowest BCUT2D eigenvalue weighted by Gasteiger charge is -2.08. The average Bonchev–Trinajstić information content (AvgIpc) is 2.90. The number of cyclic esters (lactones) is 1. The molecule has 0 radical (unpaired) electrons. The number of esters is 1. The molecule has 0 spiro atoms. The number of hydrogen-bond donors (Lipinski definition) is 0. The van der Waals surface area contributed by atoms with Gasteiger partial charge in [-0.1, -0.05) is 11.6 Å². The van der Waals surface area contributed by atoms with Crippen LogP contribution in [0, 0.1) is 0 Å². The van der Waals surface area contributed by atoms with Crippen LogP contribution in [-0.4, -0.2) is 35.8 Å². The van der Waals surface area contributed by atoms with Crippen LogP contribution in [0.25, 0.3) is 0 Å². The van der Waals surface area contributed by atoms with E-state index in [9.17, 15) is 4.79 Å². The lowest BCUT2D eigenvalue weighted by molar-refractivity contribution is -0.130. The van der Waals surface area contributed by atoms with Gasteiger partial charge in [0.15, 0.2) is 5.70 Å². The Kier molecular flexibility index (Phi) is 4.48. The molecular weight excluding hydrogens is 330 g/mol. The van der Waals surface area contributed by atoms with E-state index in [4.69, 9.17) is 21.1 Å². The molecule has 1 aromatic carbocycles. The predicted molar refractivity (Wildman–Crippen MR) is 90.2 cm³/mol. The SMILES string of the molecule is CN(C)C=C1N=C(c2cccnc2Oc2ccc(Cl)cc2)OC1=O. The number of halogens is 1. The molecule has 0 aliphatic carbocycles. The van der Waals surface area contributed by atoms with Crippen LogP contribution in [0.3, 0.4) is 0 Å². The number of ether oxygens (including phenoxy) is 2. The van der Waals surface area contributed by atoms with E-state index in [1.165, 1.54) is 0 Å². The third-order valence-corrected chi connectivity index (χ3v) is 3.28. The highest BCUT2D eigenvalue weighted by Gasteiger charge is 2.27. The third kappa shape index (κ3) is 3.55. The first kappa shape index (κ1) is 16.0. The van der Waals surface area contributed by atoms with Crippen molar-refractivity contribution >= 4 is 23.5 Å². The molecule has 1 aromatic heterocycles. The molecule has 3 rings (SSSR count). The molecular formula is C17H14ClN3O3. The highest BCUT2D eigenvalue weighted by Crippen LogP contribution is 2.27. The Morgan fingerprint density at radius 2 is 1.96 bits per heavy atom. The molecule has 6 nitrogen and oxygen atoms in total. The van der Waals surface area contributed by atoms with Crippen molar-refractivity contribution in [2.24, 2.45) is 4.99 Å². The molecule has 0 fully saturated rings. The van der Waals surface area contributed by atoms with Crippen LogP contribution in [0.15, 0.2) is 59.5 Å². The average molecular weight is 344 g/mol. The van der Waals surface area contributed by atoms with Crippen molar-refractivity contribution in [2.45, 2.75) is 0 Å². The van der Waals surface area contributed by atoms with Crippen LogP contribution in [0.5, 0.6) is 11.6 Å². The van der Waals surface area contributed by atoms with E-state index < -0.39 is 5.97 Å². The summed E-state index contributed by atoms with van der Waals surface area (Å²) in [7, 11) is 3.60. The van der Waals surface area contributed by atoms with Crippen molar-refractivity contribution in [1.82, 2.24) is 9.88 Å². The van der Waals surface area contributed by atoms with E-state index >= 15 is 0 Å². The minimum atomic E-state index is -0.514. The summed E-state index contributed by atoms with van der Waals surface area (Å²) in [6.45, 7) is 0. The number of aromatic nitrogens is 1. The number of carbonyl (C=O) groups is 1. The van der Waals surface area contributed by atoms with Crippen molar-refractivity contribution in [2.75, 3.05) is 14.1 Å². The zero-order valence-electron chi connectivity index (χ0n) is 13.1. The molecule has 7 heteroatoms. The Morgan fingerprint density at radius 3 is 2.67 bits per heavy atom. The molecule has 0 atom stereocenters. The zero-order valence-corrected chi connectivity index (χ0v) is 13.8. The van der Waals surface area contributed by atoms with Crippen LogP contribution < -0.4 is 4.74 Å². The molecule has 0 unspecified atom stereocenters. The fraction of sp³-hybridized carbons (Fsp3) is 0.118. The molecule has 0 amide bonds. The fourth-order valence-corrected chi connectivity index (χ4v) is 2.13. The number of nitrogens with zero attached hydrogens (tertiary/aromatic N) is 3. The molecule has 1 aliphatic heterocycles. The van der Waals surface area contributed by atoms with Crippen molar-refractivity contribution < 1.29 is 14.3 Å². The summed E-state index contributed by atoms with van der Waals surface area (Å²) in [4.78, 5) is 22.0. The van der Waals surface area contributed by atoms with Crippen molar-refractivity contribution in [3.63, 3.8) is 0 Å². The second-order valence-corrected chi connectivity index (χ2v) is 5.63. The molecule has 0 bridgehead atoms. The maximum atomic E-state index is 11.9. The number of pyridine rings is 1. The van der Waals surface area contributed by atoms with Gasteiger partial charge in [-0.3, -0.25) is 0 Å². The van der Waals surface area contributed by atoms with E-state index in [0.717, 1.165) is 0 Å². The standard InChI is InChI=1S/C17H14ClN3O3/c1-21(2)10-14-17(22)24-16(20-14)13-4-3-9-19-15(13)23-12-7-5-11(18)6-8-12/h3-10H,1-2H3. The van der Waals surface area contributed by atoms with Gasteiger partial charge in [-0.15, -0.1) is 0 Å². The first-order chi connectivity index (χ1) is 11.5. The topological polar surface area (TPSA) is 64.0 Å². The van der Waals surface area contributed by atoms with Gasteiger partial charge in [-0.25, -0.2) is 14.8 Å². The number of carbonyl (C=O) groups excluding carboxylic acids is 1. The zero-order chi connectivity index (χ0) is 17.1. The molecule has 1 aliphatic rings. The lowest BCUT2D eigenvalue weighted by Crippen LogP contribution is -2.09. The second kappa shape index (κ2) is 6.72. The summed E-state index contributed by atoms with van der Waals surface area (Å²) in [5.41, 5.74) is 0.708. The van der Waals surface area contributed by atoms with Gasteiger partial charge >= 0.3 is 5.97 Å². The van der Waals surface area contributed by atoms with E-state index in [0.29, 0.717) is 16.3 Å². The number of hydrogen-bond acceptors (Lipinski definition) is 6. The summed E-state index contributed by atoms with van der Waals surface area (Å²) in [6.07, 6.45) is 3.17. The Labute approximate surface area is 144 Å². The van der Waals surface area contributed by atoms with Crippen LogP contribution in [0.1, 0.15) is 5.56 Å². The van der Waals surface area contributed by atoms with Gasteiger partial charge in [0, 0.05) is 31.5 Å². The van der Waals surface area contributed by atoms with Crippen LogP contribution >= 0.6 is 11.6 Å². The molecule has 2 heterocycles. The number of aliphatic imine (C=N–C) groups is 1. The Balaban J connectivity index is 1.92. The summed E-state index contributed by atoms with van der Waals surface area (Å²) in [5.74, 6) is 0.496. The Hall–Kier alpha value is -2.86. The van der Waals surface area contributed by atoms with Gasteiger partial charge in [0.05, 0.1) is 5.56 Å². The Bertz CT molecular complexity index is 829. The monoisotopic (exact) mass is 343 g/mol. The summed E-state index contributed by atoms with van der Waals surface area (Å²) in [5, 5.41) is 0.608. The number of benzene rings is 1. The normalized spacial score (nSPS) is 15.2. The third-order valence-electron chi connectivity index (χ3n) is 3.03. The van der Waals surface area contributed by atoms with Crippen molar-refractivity contribution in [3.8, 4) is 11.6 Å². The van der Waals surface area contributed by atoms with Crippen molar-refractivity contribution in [1.29, 1.82) is 0 Å². The van der Waals surface area contributed by atoms with Crippen LogP contribution in [0.4, 0.5) is 0 Å². The minimum Gasteiger partial charge on any atom is -0.438 e. The summed E-state index contributed by atoms with van der Waals surface area (Å²) < 4.78 is 11.0. The number of rotatable bonds is 4. The van der Waals surface area contributed by atoms with E-state index in [1.54, 1.807) is 67.8 Å².